The van der Waals surface area contributed by atoms with Crippen molar-refractivity contribution in [3.8, 4) is 0 Å². The quantitative estimate of drug-likeness (QED) is 0.803. The third-order valence-electron chi connectivity index (χ3n) is 4.25. The SMILES string of the molecule is CCCCC(=O)N1CCN(CC=Cc2ccccc2)CC1C. The van der Waals surface area contributed by atoms with Crippen LogP contribution in [0.15, 0.2) is 36.4 Å². The molecule has 1 amide bonds. The van der Waals surface area contributed by atoms with Gasteiger partial charge < -0.3 is 4.90 Å². The highest BCUT2D eigenvalue weighted by molar-refractivity contribution is 5.76. The van der Waals surface area contributed by atoms with Crippen molar-refractivity contribution in [2.45, 2.75) is 39.2 Å². The topological polar surface area (TPSA) is 23.6 Å². The second kappa shape index (κ2) is 8.74. The number of piperazine rings is 1. The van der Waals surface area contributed by atoms with Gasteiger partial charge in [-0.25, -0.2) is 0 Å². The first kappa shape index (κ1) is 16.8. The second-order valence-electron chi connectivity index (χ2n) is 6.11. The van der Waals surface area contributed by atoms with Gasteiger partial charge in [-0.3, -0.25) is 9.69 Å². The Morgan fingerprint density at radius 3 is 2.73 bits per heavy atom. The van der Waals surface area contributed by atoms with Crippen LogP contribution in [0, 0.1) is 0 Å². The van der Waals surface area contributed by atoms with E-state index in [0.29, 0.717) is 18.4 Å². The van der Waals surface area contributed by atoms with Gasteiger partial charge in [0.05, 0.1) is 0 Å². The predicted octanol–water partition coefficient (Wildman–Crippen LogP) is 3.42. The molecular weight excluding hydrogens is 272 g/mol. The van der Waals surface area contributed by atoms with Gasteiger partial charge in [0.25, 0.3) is 0 Å². The summed E-state index contributed by atoms with van der Waals surface area (Å²) in [7, 11) is 0. The summed E-state index contributed by atoms with van der Waals surface area (Å²) < 4.78 is 0. The highest BCUT2D eigenvalue weighted by atomic mass is 16.2. The number of benzene rings is 1. The van der Waals surface area contributed by atoms with Crippen LogP contribution >= 0.6 is 0 Å². The van der Waals surface area contributed by atoms with Gasteiger partial charge in [0.2, 0.25) is 5.91 Å². The van der Waals surface area contributed by atoms with E-state index in [0.717, 1.165) is 39.0 Å². The van der Waals surface area contributed by atoms with E-state index < -0.39 is 0 Å². The van der Waals surface area contributed by atoms with Crippen LogP contribution < -0.4 is 0 Å². The number of nitrogens with zero attached hydrogens (tertiary/aromatic N) is 2. The van der Waals surface area contributed by atoms with Crippen molar-refractivity contribution in [2.24, 2.45) is 0 Å². The first-order valence-electron chi connectivity index (χ1n) is 8.44. The highest BCUT2D eigenvalue weighted by Crippen LogP contribution is 2.12. The van der Waals surface area contributed by atoms with Crippen LogP contribution in [0.2, 0.25) is 0 Å². The van der Waals surface area contributed by atoms with Crippen molar-refractivity contribution in [1.29, 1.82) is 0 Å². The lowest BCUT2D eigenvalue weighted by Crippen LogP contribution is -2.53. The summed E-state index contributed by atoms with van der Waals surface area (Å²) in [6.45, 7) is 8.06. The number of hydrogen-bond acceptors (Lipinski definition) is 2. The fourth-order valence-electron chi connectivity index (χ4n) is 2.94. The standard InChI is InChI=1S/C19H28N2O/c1-3-4-12-19(22)21-15-14-20(16-17(21)2)13-8-11-18-9-6-5-7-10-18/h5-11,17H,3-4,12-16H2,1-2H3. The van der Waals surface area contributed by atoms with E-state index in [1.807, 2.05) is 6.07 Å². The Balaban J connectivity index is 1.78. The Labute approximate surface area is 134 Å². The average molecular weight is 300 g/mol. The molecule has 3 heteroatoms. The van der Waals surface area contributed by atoms with Crippen LogP contribution in [0.1, 0.15) is 38.7 Å². The molecule has 1 heterocycles. The largest absolute Gasteiger partial charge is 0.337 e. The molecule has 1 unspecified atom stereocenters. The lowest BCUT2D eigenvalue weighted by atomic mass is 10.1. The van der Waals surface area contributed by atoms with Gasteiger partial charge in [-0.15, -0.1) is 0 Å². The molecule has 0 saturated carbocycles. The van der Waals surface area contributed by atoms with E-state index in [4.69, 9.17) is 0 Å². The number of amides is 1. The molecule has 1 aliphatic rings. The molecule has 1 aromatic rings. The maximum absolute atomic E-state index is 12.2. The van der Waals surface area contributed by atoms with E-state index in [9.17, 15) is 4.79 Å². The maximum atomic E-state index is 12.2. The molecule has 1 saturated heterocycles. The molecule has 0 N–H and O–H groups in total. The summed E-state index contributed by atoms with van der Waals surface area (Å²) >= 11 is 0. The van der Waals surface area contributed by atoms with Crippen LogP contribution in [-0.2, 0) is 4.79 Å². The number of unbranched alkanes of at least 4 members (excludes halogenated alkanes) is 1. The first-order valence-corrected chi connectivity index (χ1v) is 8.44. The normalized spacial score (nSPS) is 19.7. The monoisotopic (exact) mass is 300 g/mol. The van der Waals surface area contributed by atoms with Crippen LogP contribution in [0.25, 0.3) is 6.08 Å². The van der Waals surface area contributed by atoms with E-state index in [1.165, 1.54) is 5.56 Å². The summed E-state index contributed by atoms with van der Waals surface area (Å²) in [5.41, 5.74) is 1.24. The molecule has 1 aliphatic heterocycles. The molecule has 1 fully saturated rings. The maximum Gasteiger partial charge on any atom is 0.222 e. The summed E-state index contributed by atoms with van der Waals surface area (Å²) in [5, 5.41) is 0. The van der Waals surface area contributed by atoms with E-state index in [2.05, 4.69) is 60.1 Å². The molecule has 1 atom stereocenters. The summed E-state index contributed by atoms with van der Waals surface area (Å²) in [4.78, 5) is 16.7. The number of carbonyl (C=O) groups excluding carboxylic acids is 1. The van der Waals surface area contributed by atoms with Gasteiger partial charge in [-0.2, -0.15) is 0 Å². The van der Waals surface area contributed by atoms with Crippen molar-refractivity contribution in [2.75, 3.05) is 26.2 Å². The van der Waals surface area contributed by atoms with E-state index >= 15 is 0 Å². The van der Waals surface area contributed by atoms with Gasteiger partial charge in [0.1, 0.15) is 0 Å². The van der Waals surface area contributed by atoms with Crippen LogP contribution in [0.4, 0.5) is 0 Å². The molecule has 0 radical (unpaired) electrons. The van der Waals surface area contributed by atoms with Crippen molar-refractivity contribution in [1.82, 2.24) is 9.80 Å². The average Bonchev–Trinajstić information content (AvgIpc) is 2.54. The van der Waals surface area contributed by atoms with E-state index in [1.54, 1.807) is 0 Å². The zero-order valence-electron chi connectivity index (χ0n) is 13.9. The van der Waals surface area contributed by atoms with Crippen LogP contribution in [0.5, 0.6) is 0 Å². The number of rotatable bonds is 6. The molecule has 0 spiro atoms. The Kier molecular flexibility index (Phi) is 6.66. The molecule has 120 valence electrons. The Morgan fingerprint density at radius 1 is 1.27 bits per heavy atom. The summed E-state index contributed by atoms with van der Waals surface area (Å²) in [6, 6.07) is 10.7. The predicted molar refractivity (Wildman–Crippen MR) is 92.6 cm³/mol. The lowest BCUT2D eigenvalue weighted by molar-refractivity contribution is -0.135. The molecule has 3 nitrogen and oxygen atoms in total. The van der Waals surface area contributed by atoms with Crippen molar-refractivity contribution in [3.05, 3.63) is 42.0 Å². The zero-order valence-corrected chi connectivity index (χ0v) is 13.9. The van der Waals surface area contributed by atoms with Crippen LogP contribution in [0.3, 0.4) is 0 Å². The fraction of sp³-hybridized carbons (Fsp3) is 0.526. The Morgan fingerprint density at radius 2 is 2.05 bits per heavy atom. The molecule has 0 aromatic heterocycles. The minimum Gasteiger partial charge on any atom is -0.337 e. The molecule has 0 bridgehead atoms. The van der Waals surface area contributed by atoms with Gasteiger partial charge in [-0.05, 0) is 18.9 Å². The first-order chi connectivity index (χ1) is 10.7. The smallest absolute Gasteiger partial charge is 0.222 e. The van der Waals surface area contributed by atoms with Gasteiger partial charge in [0, 0.05) is 38.6 Å². The van der Waals surface area contributed by atoms with Crippen LogP contribution in [-0.4, -0.2) is 47.9 Å². The molecular formula is C19H28N2O. The van der Waals surface area contributed by atoms with Gasteiger partial charge in [0.15, 0.2) is 0 Å². The van der Waals surface area contributed by atoms with E-state index in [-0.39, 0.29) is 0 Å². The molecule has 1 aromatic carbocycles. The Hall–Kier alpha value is -1.61. The Bertz CT molecular complexity index is 483. The second-order valence-corrected chi connectivity index (χ2v) is 6.11. The molecule has 22 heavy (non-hydrogen) atoms. The lowest BCUT2D eigenvalue weighted by Gasteiger charge is -2.39. The molecule has 0 aliphatic carbocycles. The summed E-state index contributed by atoms with van der Waals surface area (Å²) in [6.07, 6.45) is 7.19. The van der Waals surface area contributed by atoms with Gasteiger partial charge in [-0.1, -0.05) is 55.8 Å². The minimum absolute atomic E-state index is 0.322. The van der Waals surface area contributed by atoms with Crippen molar-refractivity contribution >= 4 is 12.0 Å². The highest BCUT2D eigenvalue weighted by Gasteiger charge is 2.26. The molecule has 2 rings (SSSR count). The van der Waals surface area contributed by atoms with Crippen molar-refractivity contribution in [3.63, 3.8) is 0 Å². The third-order valence-corrected chi connectivity index (χ3v) is 4.25. The summed E-state index contributed by atoms with van der Waals surface area (Å²) in [5.74, 6) is 0.328. The zero-order chi connectivity index (χ0) is 15.8. The number of hydrogen-bond donors (Lipinski definition) is 0. The third kappa shape index (κ3) is 4.99. The fourth-order valence-corrected chi connectivity index (χ4v) is 2.94. The van der Waals surface area contributed by atoms with Gasteiger partial charge >= 0.3 is 0 Å². The minimum atomic E-state index is 0.322. The number of carbonyl (C=O) groups is 1. The van der Waals surface area contributed by atoms with Crippen molar-refractivity contribution < 1.29 is 4.79 Å².